The number of hydrogen-bond acceptors (Lipinski definition) is 5. The summed E-state index contributed by atoms with van der Waals surface area (Å²) in [6, 6.07) is 1.09. The van der Waals surface area contributed by atoms with E-state index in [0.717, 1.165) is 23.5 Å². The van der Waals surface area contributed by atoms with Crippen LogP contribution in [0.2, 0.25) is 0 Å². The van der Waals surface area contributed by atoms with Crippen molar-refractivity contribution in [3.05, 3.63) is 61.7 Å². The summed E-state index contributed by atoms with van der Waals surface area (Å²) in [5, 5.41) is 0. The van der Waals surface area contributed by atoms with Gasteiger partial charge in [-0.05, 0) is 38.5 Å². The second kappa shape index (κ2) is 8.50. The lowest BCUT2D eigenvalue weighted by Gasteiger charge is -2.21. The lowest BCUT2D eigenvalue weighted by atomic mass is 10.1. The molecule has 0 fully saturated rings. The standard InChI is InChI=1S/C18H20F4N4O5S/c1-9(2)25(5)32(30,31)23-16(28)11-7-13(12(19)6-10(11)3)26-15(27)8-14(18(20,21)22)24(4)17(26)29/h6-9H,1-5H3,(H,23,28). The van der Waals surface area contributed by atoms with Crippen LogP contribution in [-0.2, 0) is 23.4 Å². The summed E-state index contributed by atoms with van der Waals surface area (Å²) < 4.78 is 81.1. The fraction of sp³-hybridized carbons (Fsp3) is 0.389. The first-order valence-corrected chi connectivity index (χ1v) is 10.4. The average molecular weight is 480 g/mol. The molecule has 176 valence electrons. The predicted octanol–water partition coefficient (Wildman–Crippen LogP) is 1.32. The molecule has 0 unspecified atom stereocenters. The fourth-order valence-corrected chi connectivity index (χ4v) is 3.76. The summed E-state index contributed by atoms with van der Waals surface area (Å²) in [6.45, 7) is 4.38. The van der Waals surface area contributed by atoms with Gasteiger partial charge in [-0.25, -0.2) is 18.5 Å². The van der Waals surface area contributed by atoms with Crippen molar-refractivity contribution in [1.29, 1.82) is 0 Å². The van der Waals surface area contributed by atoms with Crippen LogP contribution in [0.3, 0.4) is 0 Å². The van der Waals surface area contributed by atoms with Crippen LogP contribution in [0.25, 0.3) is 5.69 Å². The second-order valence-electron chi connectivity index (χ2n) is 7.21. The van der Waals surface area contributed by atoms with E-state index in [0.29, 0.717) is 0 Å². The molecule has 0 atom stereocenters. The van der Waals surface area contributed by atoms with E-state index in [4.69, 9.17) is 0 Å². The largest absolute Gasteiger partial charge is 0.431 e. The van der Waals surface area contributed by atoms with E-state index < -0.39 is 62.3 Å². The Balaban J connectivity index is 2.67. The molecule has 2 aromatic rings. The number of carbonyl (C=O) groups is 1. The molecular formula is C18H20F4N4O5S. The molecule has 0 saturated heterocycles. The summed E-state index contributed by atoms with van der Waals surface area (Å²) in [5.74, 6) is -2.37. The van der Waals surface area contributed by atoms with E-state index in [1.807, 2.05) is 0 Å². The number of benzene rings is 1. The van der Waals surface area contributed by atoms with Crippen molar-refractivity contribution in [2.24, 2.45) is 7.05 Å². The van der Waals surface area contributed by atoms with E-state index in [9.17, 15) is 40.4 Å². The number of alkyl halides is 3. The van der Waals surface area contributed by atoms with Crippen molar-refractivity contribution in [3.8, 4) is 5.69 Å². The Labute approximate surface area is 180 Å². The van der Waals surface area contributed by atoms with Crippen LogP contribution in [0.4, 0.5) is 17.6 Å². The quantitative estimate of drug-likeness (QED) is 0.649. The number of nitrogens with zero attached hydrogens (tertiary/aromatic N) is 3. The van der Waals surface area contributed by atoms with Crippen LogP contribution >= 0.6 is 0 Å². The molecule has 14 heteroatoms. The SMILES string of the molecule is Cc1cc(F)c(-n2c(=O)cc(C(F)(F)F)n(C)c2=O)cc1C(=O)NS(=O)(=O)N(C)C(C)C. The minimum Gasteiger partial charge on any atom is -0.292 e. The molecule has 0 bridgehead atoms. The van der Waals surface area contributed by atoms with Crippen LogP contribution < -0.4 is 16.0 Å². The number of carbonyl (C=O) groups excluding carboxylic acids is 1. The van der Waals surface area contributed by atoms with Gasteiger partial charge in [0.1, 0.15) is 11.5 Å². The summed E-state index contributed by atoms with van der Waals surface area (Å²) in [4.78, 5) is 37.2. The molecule has 1 heterocycles. The van der Waals surface area contributed by atoms with Crippen molar-refractivity contribution in [3.63, 3.8) is 0 Å². The van der Waals surface area contributed by atoms with Gasteiger partial charge in [0, 0.05) is 31.8 Å². The lowest BCUT2D eigenvalue weighted by molar-refractivity contribution is -0.144. The zero-order chi connectivity index (χ0) is 24.8. The highest BCUT2D eigenvalue weighted by Gasteiger charge is 2.35. The molecule has 0 radical (unpaired) electrons. The molecular weight excluding hydrogens is 460 g/mol. The summed E-state index contributed by atoms with van der Waals surface area (Å²) in [5.41, 5.74) is -5.79. The van der Waals surface area contributed by atoms with Crippen molar-refractivity contribution in [1.82, 2.24) is 18.2 Å². The molecule has 0 aliphatic rings. The number of rotatable bonds is 5. The van der Waals surface area contributed by atoms with Crippen molar-refractivity contribution in [2.75, 3.05) is 7.05 Å². The second-order valence-corrected chi connectivity index (χ2v) is 8.94. The van der Waals surface area contributed by atoms with Crippen molar-refractivity contribution in [2.45, 2.75) is 33.0 Å². The summed E-state index contributed by atoms with van der Waals surface area (Å²) in [6.07, 6.45) is -5.01. The molecule has 1 N–H and O–H groups in total. The highest BCUT2D eigenvalue weighted by Crippen LogP contribution is 2.27. The molecule has 32 heavy (non-hydrogen) atoms. The Morgan fingerprint density at radius 1 is 1.16 bits per heavy atom. The fourth-order valence-electron chi connectivity index (χ4n) is 2.72. The molecule has 0 saturated carbocycles. The van der Waals surface area contributed by atoms with Crippen LogP contribution in [-0.4, -0.2) is 40.9 Å². The first-order valence-electron chi connectivity index (χ1n) is 9.00. The zero-order valence-electron chi connectivity index (χ0n) is 17.6. The highest BCUT2D eigenvalue weighted by atomic mass is 32.2. The van der Waals surface area contributed by atoms with Gasteiger partial charge in [-0.3, -0.25) is 14.2 Å². The van der Waals surface area contributed by atoms with Crippen LogP contribution in [0, 0.1) is 12.7 Å². The third-order valence-corrected chi connectivity index (χ3v) is 6.34. The number of aryl methyl sites for hydroxylation is 1. The molecule has 1 aromatic heterocycles. The van der Waals surface area contributed by atoms with E-state index in [1.54, 1.807) is 18.6 Å². The van der Waals surface area contributed by atoms with Crippen molar-refractivity contribution < 1.29 is 30.8 Å². The minimum atomic E-state index is -5.01. The first-order chi connectivity index (χ1) is 14.5. The third kappa shape index (κ3) is 4.75. The Hall–Kier alpha value is -3.00. The molecule has 1 aromatic carbocycles. The maximum atomic E-state index is 14.6. The van der Waals surface area contributed by atoms with Gasteiger partial charge < -0.3 is 0 Å². The Bertz CT molecular complexity index is 1300. The third-order valence-electron chi connectivity index (χ3n) is 4.72. The summed E-state index contributed by atoms with van der Waals surface area (Å²) >= 11 is 0. The Kier molecular flexibility index (Phi) is 6.71. The van der Waals surface area contributed by atoms with E-state index in [2.05, 4.69) is 0 Å². The van der Waals surface area contributed by atoms with E-state index in [-0.39, 0.29) is 20.8 Å². The first kappa shape index (κ1) is 25.3. The zero-order valence-corrected chi connectivity index (χ0v) is 18.4. The van der Waals surface area contributed by atoms with Gasteiger partial charge in [0.25, 0.3) is 11.5 Å². The van der Waals surface area contributed by atoms with Gasteiger partial charge in [0.05, 0.1) is 5.69 Å². The number of amides is 1. The predicted molar refractivity (Wildman–Crippen MR) is 106 cm³/mol. The smallest absolute Gasteiger partial charge is 0.292 e. The molecule has 2 rings (SSSR count). The van der Waals surface area contributed by atoms with Crippen LogP contribution in [0.5, 0.6) is 0 Å². The minimum absolute atomic E-state index is 0.0389. The molecule has 0 aliphatic heterocycles. The highest BCUT2D eigenvalue weighted by molar-refractivity contribution is 7.87. The van der Waals surface area contributed by atoms with Gasteiger partial charge >= 0.3 is 22.1 Å². The molecule has 1 amide bonds. The lowest BCUT2D eigenvalue weighted by Crippen LogP contribution is -2.44. The van der Waals surface area contributed by atoms with Crippen LogP contribution in [0.15, 0.2) is 27.8 Å². The molecule has 0 spiro atoms. The van der Waals surface area contributed by atoms with Gasteiger partial charge in [-0.15, -0.1) is 0 Å². The van der Waals surface area contributed by atoms with Gasteiger partial charge in [0.2, 0.25) is 0 Å². The number of nitrogens with one attached hydrogen (secondary N) is 1. The number of hydrogen-bond donors (Lipinski definition) is 1. The average Bonchev–Trinajstić information content (AvgIpc) is 2.64. The van der Waals surface area contributed by atoms with Gasteiger partial charge in [-0.1, -0.05) is 0 Å². The normalized spacial score (nSPS) is 12.5. The van der Waals surface area contributed by atoms with Gasteiger partial charge in [-0.2, -0.15) is 25.9 Å². The topological polar surface area (TPSA) is 110 Å². The molecule has 0 aliphatic carbocycles. The van der Waals surface area contributed by atoms with Crippen LogP contribution in [0.1, 0.15) is 35.5 Å². The van der Waals surface area contributed by atoms with E-state index >= 15 is 0 Å². The maximum Gasteiger partial charge on any atom is 0.431 e. The Morgan fingerprint density at radius 3 is 2.22 bits per heavy atom. The van der Waals surface area contributed by atoms with E-state index in [1.165, 1.54) is 14.0 Å². The monoisotopic (exact) mass is 480 g/mol. The number of aromatic nitrogens is 2. The maximum absolute atomic E-state index is 14.6. The van der Waals surface area contributed by atoms with Gasteiger partial charge in [0.15, 0.2) is 0 Å². The number of halogens is 4. The van der Waals surface area contributed by atoms with Crippen molar-refractivity contribution >= 4 is 16.1 Å². The molecule has 9 nitrogen and oxygen atoms in total. The Morgan fingerprint density at radius 2 is 1.72 bits per heavy atom. The summed E-state index contributed by atoms with van der Waals surface area (Å²) in [7, 11) is -2.31.